The first-order chi connectivity index (χ1) is 16.1. The molecule has 1 aromatic heterocycles. The zero-order valence-electron chi connectivity index (χ0n) is 17.9. The highest BCUT2D eigenvalue weighted by atomic mass is 19.2. The topological polar surface area (TPSA) is 124 Å². The third kappa shape index (κ3) is 3.90. The Labute approximate surface area is 190 Å². The molecule has 0 saturated heterocycles. The molecular weight excluding hydrogens is 458 g/mol. The minimum atomic E-state index is -1.36. The lowest BCUT2D eigenvalue weighted by molar-refractivity contribution is 0.158. The number of hydrogen-bond acceptors (Lipinski definition) is 7. The number of halogens is 4. The highest BCUT2D eigenvalue weighted by Gasteiger charge is 2.32. The SMILES string of the molecule is CNC(=O)OC1=C(N)N=C(n2nc(Cc3c(F)ccc(F)c3F)c3cc(F)ccc32)N(C)C1N. The summed E-state index contributed by atoms with van der Waals surface area (Å²) in [6, 6.07) is 5.15. The number of hydrogen-bond donors (Lipinski definition) is 3. The van der Waals surface area contributed by atoms with Crippen LogP contribution in [0.4, 0.5) is 22.4 Å². The van der Waals surface area contributed by atoms with E-state index in [1.165, 1.54) is 29.7 Å². The fourth-order valence-corrected chi connectivity index (χ4v) is 3.49. The van der Waals surface area contributed by atoms with Crippen LogP contribution in [0.15, 0.2) is 46.9 Å². The van der Waals surface area contributed by atoms with Crippen LogP contribution < -0.4 is 16.8 Å². The summed E-state index contributed by atoms with van der Waals surface area (Å²) in [5.41, 5.74) is 11.9. The van der Waals surface area contributed by atoms with Crippen molar-refractivity contribution in [3.8, 4) is 0 Å². The molecule has 1 amide bonds. The van der Waals surface area contributed by atoms with Gasteiger partial charge >= 0.3 is 6.09 Å². The van der Waals surface area contributed by atoms with E-state index < -0.39 is 47.5 Å². The highest BCUT2D eigenvalue weighted by Crippen LogP contribution is 2.27. The molecule has 2 heterocycles. The van der Waals surface area contributed by atoms with Gasteiger partial charge in [-0.05, 0) is 30.3 Å². The maximum Gasteiger partial charge on any atom is 0.412 e. The lowest BCUT2D eigenvalue weighted by atomic mass is 10.1. The number of carbonyl (C=O) groups excluding carboxylic acids is 1. The van der Waals surface area contributed by atoms with Crippen LogP contribution in [0.3, 0.4) is 0 Å². The summed E-state index contributed by atoms with van der Waals surface area (Å²) in [5, 5.41) is 6.83. The molecule has 1 unspecified atom stereocenters. The van der Waals surface area contributed by atoms with Crippen molar-refractivity contribution >= 4 is 23.0 Å². The number of carbonyl (C=O) groups is 1. The number of benzene rings is 2. The Kier molecular flexibility index (Phi) is 5.87. The monoisotopic (exact) mass is 477 g/mol. The van der Waals surface area contributed by atoms with Crippen molar-refractivity contribution in [3.63, 3.8) is 0 Å². The normalized spacial score (nSPS) is 16.1. The summed E-state index contributed by atoms with van der Waals surface area (Å²) in [4.78, 5) is 17.2. The second-order valence-electron chi connectivity index (χ2n) is 7.38. The molecule has 2 aromatic carbocycles. The molecule has 3 aromatic rings. The number of alkyl carbamates (subject to hydrolysis) is 1. The van der Waals surface area contributed by atoms with Crippen LogP contribution >= 0.6 is 0 Å². The van der Waals surface area contributed by atoms with Crippen molar-refractivity contribution in [1.82, 2.24) is 20.0 Å². The lowest BCUT2D eigenvalue weighted by Gasteiger charge is -2.32. The molecular formula is C21H19F4N7O2. The van der Waals surface area contributed by atoms with Gasteiger partial charge in [0, 0.05) is 31.5 Å². The standard InChI is InChI=1S/C21H19F4N7O2/c1-28-21(33)34-17-18(26)29-20(31(2)19(17)27)32-15-6-3-9(22)7-11(15)14(30-32)8-10-12(23)4-5-13(24)16(10)25/h3-7,19H,8,26-27H2,1-2H3,(H,28,33). The maximum atomic E-state index is 14.3. The third-order valence-corrected chi connectivity index (χ3v) is 5.27. The Hall–Kier alpha value is -4.13. The van der Waals surface area contributed by atoms with Crippen LogP contribution in [0.25, 0.3) is 10.9 Å². The van der Waals surface area contributed by atoms with Gasteiger partial charge in [0.1, 0.15) is 17.8 Å². The van der Waals surface area contributed by atoms with Gasteiger partial charge in [0.2, 0.25) is 5.96 Å². The zero-order chi connectivity index (χ0) is 24.7. The van der Waals surface area contributed by atoms with Gasteiger partial charge in [-0.1, -0.05) is 0 Å². The van der Waals surface area contributed by atoms with E-state index in [0.717, 1.165) is 18.2 Å². The predicted octanol–water partition coefficient (Wildman–Crippen LogP) is 2.10. The van der Waals surface area contributed by atoms with Gasteiger partial charge in [-0.15, -0.1) is 0 Å². The number of fused-ring (bicyclic) bond motifs is 1. The number of nitrogens with one attached hydrogen (secondary N) is 1. The number of likely N-dealkylation sites (N-methyl/N-ethyl adjacent to an activating group) is 1. The van der Waals surface area contributed by atoms with Gasteiger partial charge in [-0.3, -0.25) is 0 Å². The van der Waals surface area contributed by atoms with Gasteiger partial charge in [-0.2, -0.15) is 14.8 Å². The summed E-state index contributed by atoms with van der Waals surface area (Å²) in [7, 11) is 2.87. The molecule has 0 aliphatic carbocycles. The molecule has 1 aliphatic rings. The number of aliphatic imine (C=N–C) groups is 1. The second kappa shape index (κ2) is 8.67. The molecule has 0 radical (unpaired) electrons. The Morgan fingerprint density at radius 3 is 2.59 bits per heavy atom. The van der Waals surface area contributed by atoms with E-state index in [0.29, 0.717) is 11.6 Å². The van der Waals surface area contributed by atoms with Crippen molar-refractivity contribution < 1.29 is 27.1 Å². The van der Waals surface area contributed by atoms with Crippen LogP contribution in [0, 0.1) is 23.3 Å². The van der Waals surface area contributed by atoms with Crippen LogP contribution in [-0.4, -0.2) is 47.0 Å². The van der Waals surface area contributed by atoms with Crippen molar-refractivity contribution in [2.75, 3.05) is 14.1 Å². The Bertz CT molecular complexity index is 1370. The number of amides is 1. The molecule has 0 spiro atoms. The molecule has 4 rings (SSSR count). The van der Waals surface area contributed by atoms with E-state index in [-0.39, 0.29) is 28.6 Å². The first-order valence-corrected chi connectivity index (χ1v) is 9.88. The van der Waals surface area contributed by atoms with Crippen molar-refractivity contribution in [3.05, 3.63) is 76.4 Å². The van der Waals surface area contributed by atoms with Crippen LogP contribution in [0.5, 0.6) is 0 Å². The molecule has 0 bridgehead atoms. The van der Waals surface area contributed by atoms with Crippen LogP contribution in [0.1, 0.15) is 11.3 Å². The Morgan fingerprint density at radius 1 is 1.18 bits per heavy atom. The molecule has 34 heavy (non-hydrogen) atoms. The van der Waals surface area contributed by atoms with E-state index in [1.807, 2.05) is 0 Å². The van der Waals surface area contributed by atoms with E-state index in [1.54, 1.807) is 0 Å². The molecule has 1 aliphatic heterocycles. The van der Waals surface area contributed by atoms with E-state index in [9.17, 15) is 22.4 Å². The summed E-state index contributed by atoms with van der Waals surface area (Å²) >= 11 is 0. The third-order valence-electron chi connectivity index (χ3n) is 5.27. The van der Waals surface area contributed by atoms with Gasteiger partial charge in [0.05, 0.1) is 11.2 Å². The van der Waals surface area contributed by atoms with Crippen molar-refractivity contribution in [2.45, 2.75) is 12.6 Å². The molecule has 1 atom stereocenters. The zero-order valence-corrected chi connectivity index (χ0v) is 17.9. The summed E-state index contributed by atoms with van der Waals surface area (Å²) in [5.74, 6) is -4.44. The first kappa shape index (κ1) is 23.0. The number of nitrogens with two attached hydrogens (primary N) is 2. The number of ether oxygens (including phenoxy) is 1. The highest BCUT2D eigenvalue weighted by molar-refractivity contribution is 5.95. The Morgan fingerprint density at radius 2 is 1.88 bits per heavy atom. The average molecular weight is 477 g/mol. The fourth-order valence-electron chi connectivity index (χ4n) is 3.49. The molecule has 5 N–H and O–H groups in total. The minimum absolute atomic E-state index is 0.0533. The quantitative estimate of drug-likeness (QED) is 0.392. The van der Waals surface area contributed by atoms with Gasteiger partial charge < -0.3 is 26.4 Å². The summed E-state index contributed by atoms with van der Waals surface area (Å²) in [6.45, 7) is 0. The lowest BCUT2D eigenvalue weighted by Crippen LogP contribution is -2.51. The molecule has 13 heteroatoms. The van der Waals surface area contributed by atoms with E-state index in [2.05, 4.69) is 15.4 Å². The molecule has 178 valence electrons. The minimum Gasteiger partial charge on any atom is -0.407 e. The van der Waals surface area contributed by atoms with Crippen LogP contribution in [0.2, 0.25) is 0 Å². The number of nitrogens with zero attached hydrogens (tertiary/aromatic N) is 4. The number of aromatic nitrogens is 2. The molecule has 9 nitrogen and oxygen atoms in total. The van der Waals surface area contributed by atoms with Gasteiger partial charge in [0.15, 0.2) is 23.2 Å². The van der Waals surface area contributed by atoms with Crippen molar-refractivity contribution in [2.24, 2.45) is 16.5 Å². The Balaban J connectivity index is 1.86. The van der Waals surface area contributed by atoms with Gasteiger partial charge in [0.25, 0.3) is 0 Å². The largest absolute Gasteiger partial charge is 0.412 e. The predicted molar refractivity (Wildman–Crippen MR) is 114 cm³/mol. The van der Waals surface area contributed by atoms with E-state index in [4.69, 9.17) is 16.2 Å². The maximum absolute atomic E-state index is 14.3. The molecule has 0 fully saturated rings. The fraction of sp³-hybridized carbons (Fsp3) is 0.190. The molecule has 0 saturated carbocycles. The van der Waals surface area contributed by atoms with Crippen LogP contribution in [-0.2, 0) is 11.2 Å². The summed E-state index contributed by atoms with van der Waals surface area (Å²) < 4.78 is 62.6. The van der Waals surface area contributed by atoms with E-state index >= 15 is 0 Å². The smallest absolute Gasteiger partial charge is 0.407 e. The summed E-state index contributed by atoms with van der Waals surface area (Å²) in [6.07, 6.45) is -2.32. The number of rotatable bonds is 3. The second-order valence-corrected chi connectivity index (χ2v) is 7.38. The first-order valence-electron chi connectivity index (χ1n) is 9.88. The average Bonchev–Trinajstić information content (AvgIpc) is 3.16. The van der Waals surface area contributed by atoms with Crippen molar-refractivity contribution in [1.29, 1.82) is 0 Å². The van der Waals surface area contributed by atoms with Gasteiger partial charge in [-0.25, -0.2) is 22.4 Å².